The highest BCUT2D eigenvalue weighted by atomic mass is 32.1. The smallest absolute Gasteiger partial charge is 0.323 e. The molecule has 0 spiro atoms. The number of hydrogen-bond acceptors (Lipinski definition) is 14. The molecule has 1 heterocycles. The summed E-state index contributed by atoms with van der Waals surface area (Å²) in [5, 5.41) is 0. The van der Waals surface area contributed by atoms with Crippen molar-refractivity contribution in [2.24, 2.45) is 0 Å². The summed E-state index contributed by atoms with van der Waals surface area (Å²) in [6, 6.07) is 7.29. The number of rotatable bonds is 12. The minimum Gasteiger partial charge on any atom is -0.459 e. The molecule has 0 saturated carbocycles. The Kier molecular flexibility index (Phi) is 18.2. The number of carbonyl (C=O) groups is 4. The normalized spacial score (nSPS) is 17.4. The Labute approximate surface area is 330 Å². The fraction of sp³-hybridized carbons (Fsp3) is 0.750. The molecule has 1 unspecified atom stereocenters. The van der Waals surface area contributed by atoms with E-state index in [2.05, 4.69) is 22.4 Å². The van der Waals surface area contributed by atoms with Crippen LogP contribution < -0.4 is 4.72 Å². The topological polar surface area (TPSA) is 130 Å². The van der Waals surface area contributed by atoms with Crippen molar-refractivity contribution in [1.82, 2.24) is 19.6 Å². The van der Waals surface area contributed by atoms with Gasteiger partial charge in [0.15, 0.2) is 0 Å². The van der Waals surface area contributed by atoms with Crippen LogP contribution in [0.2, 0.25) is 0 Å². The maximum atomic E-state index is 14.0. The first-order valence-electron chi connectivity index (χ1n) is 19.1. The van der Waals surface area contributed by atoms with Gasteiger partial charge in [-0.1, -0.05) is 24.9 Å². The van der Waals surface area contributed by atoms with Crippen molar-refractivity contribution in [3.8, 4) is 0 Å². The summed E-state index contributed by atoms with van der Waals surface area (Å²) in [5.41, 5.74) is -0.721. The van der Waals surface area contributed by atoms with Gasteiger partial charge < -0.3 is 23.7 Å². The van der Waals surface area contributed by atoms with Gasteiger partial charge in [-0.2, -0.15) is 0 Å². The minimum atomic E-state index is -0.704. The van der Waals surface area contributed by atoms with E-state index in [0.29, 0.717) is 65.2 Å². The molecule has 1 aromatic carbocycles. The number of benzene rings is 1. The summed E-state index contributed by atoms with van der Waals surface area (Å²) in [6.45, 7) is 25.8. The molecule has 308 valence electrons. The zero-order valence-corrected chi connectivity index (χ0v) is 36.0. The highest BCUT2D eigenvalue weighted by Crippen LogP contribution is 2.19. The first-order chi connectivity index (χ1) is 24.8. The molecule has 0 aliphatic carbocycles. The number of esters is 4. The molecule has 0 bridgehead atoms. The van der Waals surface area contributed by atoms with Crippen LogP contribution in [0.15, 0.2) is 24.3 Å². The SMILES string of the molecule is CC(C)(C)OC(=O)CN1CCN(CC(=O)OC(C)(C)C)CCN(C(CCc2ccc(NS)cc2)C(=O)OC(C)(C)C)CCN(CC(=O)OC(C)(C)C)CC1. The maximum Gasteiger partial charge on any atom is 0.323 e. The Morgan fingerprint density at radius 3 is 1.22 bits per heavy atom. The van der Waals surface area contributed by atoms with Gasteiger partial charge in [0.2, 0.25) is 0 Å². The lowest BCUT2D eigenvalue weighted by atomic mass is 10.0. The Morgan fingerprint density at radius 2 is 0.907 bits per heavy atom. The van der Waals surface area contributed by atoms with Crippen LogP contribution in [0.1, 0.15) is 95.1 Å². The van der Waals surface area contributed by atoms with Crippen molar-refractivity contribution >= 4 is 42.4 Å². The molecule has 1 saturated heterocycles. The summed E-state index contributed by atoms with van der Waals surface area (Å²) in [5.74, 6) is -1.39. The van der Waals surface area contributed by atoms with E-state index >= 15 is 0 Å². The van der Waals surface area contributed by atoms with Gasteiger partial charge in [-0.25, -0.2) is 0 Å². The number of ether oxygens (including phenoxy) is 4. The van der Waals surface area contributed by atoms with Crippen LogP contribution in [0, 0.1) is 0 Å². The average Bonchev–Trinajstić information content (AvgIpc) is 2.98. The number of nitrogens with one attached hydrogen (secondary N) is 1. The molecule has 1 atom stereocenters. The predicted octanol–water partition coefficient (Wildman–Crippen LogP) is 4.83. The molecule has 0 aromatic heterocycles. The summed E-state index contributed by atoms with van der Waals surface area (Å²) in [7, 11) is 0. The number of anilines is 1. The zero-order valence-electron chi connectivity index (χ0n) is 35.1. The van der Waals surface area contributed by atoms with Crippen molar-refractivity contribution in [3.05, 3.63) is 29.8 Å². The van der Waals surface area contributed by atoms with Crippen molar-refractivity contribution in [1.29, 1.82) is 0 Å². The molecule has 2 rings (SSSR count). The van der Waals surface area contributed by atoms with Gasteiger partial charge in [0.05, 0.1) is 19.6 Å². The van der Waals surface area contributed by atoms with Crippen LogP contribution in [0.5, 0.6) is 0 Å². The number of nitrogens with zero attached hydrogens (tertiary/aromatic N) is 4. The third-order valence-electron chi connectivity index (χ3n) is 8.10. The molecule has 13 nitrogen and oxygen atoms in total. The standard InChI is InChI=1S/C40H69N5O8S/c1-37(2,3)50-33(46)27-42-19-21-43(28-34(47)51-38(4,5)6)23-25-45(26-24-44(22-20-42)29-35(48)52-39(7,8)9)32(36(49)53-40(10,11)12)18-15-30-13-16-31(41-54)17-14-30/h13-14,16-17,32,41,54H,15,18-29H2,1-12H3. The third-order valence-corrected chi connectivity index (χ3v) is 8.36. The van der Waals surface area contributed by atoms with Crippen LogP contribution in [0.3, 0.4) is 0 Å². The second-order valence-corrected chi connectivity index (χ2v) is 18.2. The summed E-state index contributed by atoms with van der Waals surface area (Å²) < 4.78 is 25.9. The maximum absolute atomic E-state index is 14.0. The molecule has 0 amide bonds. The van der Waals surface area contributed by atoms with E-state index in [1.807, 2.05) is 122 Å². The van der Waals surface area contributed by atoms with E-state index < -0.39 is 28.4 Å². The zero-order chi connectivity index (χ0) is 40.9. The molecule has 1 aromatic rings. The van der Waals surface area contributed by atoms with Crippen molar-refractivity contribution < 1.29 is 38.1 Å². The van der Waals surface area contributed by atoms with Crippen LogP contribution in [0.4, 0.5) is 5.69 Å². The molecule has 0 radical (unpaired) electrons. The van der Waals surface area contributed by atoms with E-state index in [9.17, 15) is 19.2 Å². The Balaban J connectivity index is 2.51. The molecule has 1 aliphatic rings. The van der Waals surface area contributed by atoms with Gasteiger partial charge in [0.25, 0.3) is 0 Å². The molecular weight excluding hydrogens is 711 g/mol. The van der Waals surface area contributed by atoms with E-state index in [-0.39, 0.29) is 43.5 Å². The summed E-state index contributed by atoms with van der Waals surface area (Å²) in [6.07, 6.45) is 1.11. The Hall–Kier alpha value is -2.91. The van der Waals surface area contributed by atoms with Gasteiger partial charge >= 0.3 is 23.9 Å². The Bertz CT molecular complexity index is 1300. The van der Waals surface area contributed by atoms with E-state index in [1.165, 1.54) is 0 Å². The van der Waals surface area contributed by atoms with Crippen molar-refractivity contribution in [3.63, 3.8) is 0 Å². The second-order valence-electron chi connectivity index (χ2n) is 18.0. The highest BCUT2D eigenvalue weighted by Gasteiger charge is 2.32. The number of aryl methyl sites for hydroxylation is 1. The van der Waals surface area contributed by atoms with E-state index in [4.69, 9.17) is 18.9 Å². The van der Waals surface area contributed by atoms with Gasteiger partial charge in [0, 0.05) is 58.0 Å². The molecular formula is C40H69N5O8S. The van der Waals surface area contributed by atoms with Crippen molar-refractivity contribution in [2.45, 2.75) is 124 Å². The minimum absolute atomic E-state index is 0.0405. The molecule has 14 heteroatoms. The van der Waals surface area contributed by atoms with Crippen LogP contribution in [-0.4, -0.2) is 144 Å². The lowest BCUT2D eigenvalue weighted by Crippen LogP contribution is -2.53. The fourth-order valence-corrected chi connectivity index (χ4v) is 6.03. The highest BCUT2D eigenvalue weighted by molar-refractivity contribution is 7.81. The molecule has 1 N–H and O–H groups in total. The number of thiol groups is 1. The van der Waals surface area contributed by atoms with Crippen LogP contribution in [0.25, 0.3) is 0 Å². The Morgan fingerprint density at radius 1 is 0.574 bits per heavy atom. The molecule has 1 aliphatic heterocycles. The largest absolute Gasteiger partial charge is 0.459 e. The molecule has 1 fully saturated rings. The van der Waals surface area contributed by atoms with E-state index in [0.717, 1.165) is 11.3 Å². The van der Waals surface area contributed by atoms with Gasteiger partial charge in [-0.05, 0) is 114 Å². The second kappa shape index (κ2) is 20.8. The molecule has 54 heavy (non-hydrogen) atoms. The van der Waals surface area contributed by atoms with Gasteiger partial charge in [-0.3, -0.25) is 38.8 Å². The lowest BCUT2D eigenvalue weighted by molar-refractivity contribution is -0.163. The van der Waals surface area contributed by atoms with Crippen LogP contribution >= 0.6 is 12.8 Å². The number of carbonyl (C=O) groups excluding carboxylic acids is 4. The number of hydrogen-bond donors (Lipinski definition) is 2. The quantitative estimate of drug-likeness (QED) is 0.171. The lowest BCUT2D eigenvalue weighted by Gasteiger charge is -2.37. The summed E-state index contributed by atoms with van der Waals surface area (Å²) in [4.78, 5) is 61.5. The predicted molar refractivity (Wildman–Crippen MR) is 215 cm³/mol. The summed E-state index contributed by atoms with van der Waals surface area (Å²) >= 11 is 4.14. The van der Waals surface area contributed by atoms with Gasteiger partial charge in [0.1, 0.15) is 28.4 Å². The third kappa shape index (κ3) is 20.7. The average molecular weight is 780 g/mol. The fourth-order valence-electron chi connectivity index (χ4n) is 5.88. The van der Waals surface area contributed by atoms with Crippen LogP contribution in [-0.2, 0) is 44.5 Å². The first kappa shape index (κ1) is 47.2. The first-order valence-corrected chi connectivity index (χ1v) is 19.5. The monoisotopic (exact) mass is 779 g/mol. The van der Waals surface area contributed by atoms with Gasteiger partial charge in [-0.15, -0.1) is 0 Å². The van der Waals surface area contributed by atoms with Crippen molar-refractivity contribution in [2.75, 3.05) is 76.7 Å². The van der Waals surface area contributed by atoms with E-state index in [1.54, 1.807) is 0 Å².